The van der Waals surface area contributed by atoms with Crippen LogP contribution in [0.5, 0.6) is 11.5 Å². The molecule has 0 amide bonds. The first-order chi connectivity index (χ1) is 15.7. The van der Waals surface area contributed by atoms with Gasteiger partial charge in [0.1, 0.15) is 0 Å². The van der Waals surface area contributed by atoms with Crippen LogP contribution < -0.4 is 26.0 Å². The van der Waals surface area contributed by atoms with Gasteiger partial charge in [0, 0.05) is 13.6 Å². The molecule has 2 heterocycles. The van der Waals surface area contributed by atoms with Gasteiger partial charge in [0.25, 0.3) is 5.56 Å². The number of ether oxygens (including phenoxy) is 3. The van der Waals surface area contributed by atoms with Gasteiger partial charge in [0.2, 0.25) is 5.95 Å². The van der Waals surface area contributed by atoms with E-state index in [9.17, 15) is 14.7 Å². The third-order valence-electron chi connectivity index (χ3n) is 5.17. The number of imidazole rings is 1. The van der Waals surface area contributed by atoms with Crippen molar-refractivity contribution in [1.82, 2.24) is 19.1 Å². The fourth-order valence-electron chi connectivity index (χ4n) is 3.47. The minimum Gasteiger partial charge on any atom is -0.493 e. The van der Waals surface area contributed by atoms with Crippen molar-refractivity contribution in [2.24, 2.45) is 7.05 Å². The number of nitrogens with zero attached hydrogens (tertiary/aromatic N) is 3. The smallest absolute Gasteiger partial charge is 0.329 e. The molecule has 0 saturated carbocycles. The first-order valence-corrected chi connectivity index (χ1v) is 10.7. The second kappa shape index (κ2) is 10.5. The molecule has 0 spiro atoms. The summed E-state index contributed by atoms with van der Waals surface area (Å²) in [6.45, 7) is 4.42. The molecular formula is C22H31N5O6. The van der Waals surface area contributed by atoms with E-state index in [0.717, 1.165) is 5.56 Å². The van der Waals surface area contributed by atoms with Gasteiger partial charge in [-0.05, 0) is 38.0 Å². The summed E-state index contributed by atoms with van der Waals surface area (Å²) >= 11 is 0. The molecular weight excluding hydrogens is 430 g/mol. The minimum absolute atomic E-state index is 0.0394. The van der Waals surface area contributed by atoms with Gasteiger partial charge < -0.3 is 29.2 Å². The van der Waals surface area contributed by atoms with E-state index < -0.39 is 17.4 Å². The Bertz CT molecular complexity index is 1210. The predicted octanol–water partition coefficient (Wildman–Crippen LogP) is 0.881. The van der Waals surface area contributed by atoms with Crippen LogP contribution in [0.15, 0.2) is 27.8 Å². The average molecular weight is 462 g/mol. The van der Waals surface area contributed by atoms with Crippen LogP contribution in [0.2, 0.25) is 0 Å². The summed E-state index contributed by atoms with van der Waals surface area (Å²) in [4.78, 5) is 31.4. The standard InChI is InChI=1S/C22H31N5O6/c1-13(2)33-12-15(28)11-27-18-19(26(3)22(30)25-20(18)29)24-21(27)23-9-8-14-6-7-16(31-4)17(10-14)32-5/h6-7,10,13,15,28H,8-9,11-12H2,1-5H3,(H,23,24)(H,25,29,30)/t15-/m1/s1. The molecule has 0 radical (unpaired) electrons. The summed E-state index contributed by atoms with van der Waals surface area (Å²) in [5.74, 6) is 1.66. The number of nitrogens with one attached hydrogen (secondary N) is 2. The number of hydrogen-bond donors (Lipinski definition) is 3. The molecule has 33 heavy (non-hydrogen) atoms. The van der Waals surface area contributed by atoms with Crippen LogP contribution in [0.4, 0.5) is 5.95 Å². The van der Waals surface area contributed by atoms with Gasteiger partial charge in [-0.15, -0.1) is 0 Å². The van der Waals surface area contributed by atoms with E-state index >= 15 is 0 Å². The molecule has 0 aliphatic heterocycles. The first-order valence-electron chi connectivity index (χ1n) is 10.7. The van der Waals surface area contributed by atoms with E-state index in [4.69, 9.17) is 14.2 Å². The Kier molecular flexibility index (Phi) is 7.77. The van der Waals surface area contributed by atoms with Crippen LogP contribution in [-0.4, -0.2) is 63.8 Å². The number of rotatable bonds is 11. The zero-order valence-corrected chi connectivity index (χ0v) is 19.5. The van der Waals surface area contributed by atoms with Crippen molar-refractivity contribution in [1.29, 1.82) is 0 Å². The zero-order chi connectivity index (χ0) is 24.1. The number of hydrogen-bond acceptors (Lipinski definition) is 8. The number of H-pyrrole nitrogens is 1. The highest BCUT2D eigenvalue weighted by Gasteiger charge is 2.20. The molecule has 0 aliphatic rings. The van der Waals surface area contributed by atoms with Crippen LogP contribution in [0, 0.1) is 0 Å². The molecule has 0 bridgehead atoms. The van der Waals surface area contributed by atoms with Crippen molar-refractivity contribution in [3.8, 4) is 11.5 Å². The predicted molar refractivity (Wildman–Crippen MR) is 124 cm³/mol. The molecule has 3 N–H and O–H groups in total. The van der Waals surface area contributed by atoms with Gasteiger partial charge in [-0.3, -0.25) is 14.3 Å². The highest BCUT2D eigenvalue weighted by atomic mass is 16.5. The maximum Gasteiger partial charge on any atom is 0.329 e. The van der Waals surface area contributed by atoms with Gasteiger partial charge in [0.15, 0.2) is 22.7 Å². The van der Waals surface area contributed by atoms with Gasteiger partial charge in [-0.2, -0.15) is 4.98 Å². The topological polar surface area (TPSA) is 133 Å². The number of aliphatic hydroxyl groups is 1. The molecule has 1 aromatic carbocycles. The quantitative estimate of drug-likeness (QED) is 0.383. The SMILES string of the molecule is COc1ccc(CCNc2nc3c(c(=O)[nH]c(=O)n3C)n2C[C@@H](O)COC(C)C)cc1OC. The third kappa shape index (κ3) is 5.55. The first kappa shape index (κ1) is 24.3. The molecule has 3 aromatic rings. The van der Waals surface area contributed by atoms with E-state index in [2.05, 4.69) is 15.3 Å². The molecule has 0 aliphatic carbocycles. The maximum absolute atomic E-state index is 12.6. The highest BCUT2D eigenvalue weighted by molar-refractivity contribution is 5.74. The van der Waals surface area contributed by atoms with E-state index in [1.54, 1.807) is 18.8 Å². The van der Waals surface area contributed by atoms with Crippen LogP contribution in [0.25, 0.3) is 11.2 Å². The van der Waals surface area contributed by atoms with E-state index in [1.165, 1.54) is 11.6 Å². The number of aromatic nitrogens is 4. The van der Waals surface area contributed by atoms with E-state index in [-0.39, 0.29) is 30.4 Å². The molecule has 11 heteroatoms. The number of fused-ring (bicyclic) bond motifs is 1. The molecule has 0 unspecified atom stereocenters. The number of aryl methyl sites for hydroxylation is 1. The normalized spacial score (nSPS) is 12.3. The summed E-state index contributed by atoms with van der Waals surface area (Å²) in [6.07, 6.45) is -0.270. The number of methoxy groups -OCH3 is 2. The van der Waals surface area contributed by atoms with Crippen molar-refractivity contribution in [3.63, 3.8) is 0 Å². The summed E-state index contributed by atoms with van der Waals surface area (Å²) in [5.41, 5.74) is 0.324. The molecule has 11 nitrogen and oxygen atoms in total. The summed E-state index contributed by atoms with van der Waals surface area (Å²) in [5, 5.41) is 13.7. The largest absolute Gasteiger partial charge is 0.493 e. The summed E-state index contributed by atoms with van der Waals surface area (Å²) < 4.78 is 19.0. The number of aliphatic hydroxyl groups excluding tert-OH is 1. The Morgan fingerprint density at radius 2 is 1.91 bits per heavy atom. The van der Waals surface area contributed by atoms with Gasteiger partial charge in [-0.1, -0.05) is 6.07 Å². The van der Waals surface area contributed by atoms with Crippen molar-refractivity contribution in [3.05, 3.63) is 44.6 Å². The van der Waals surface area contributed by atoms with Crippen LogP contribution in [-0.2, 0) is 24.8 Å². The average Bonchev–Trinajstić information content (AvgIpc) is 3.14. The minimum atomic E-state index is -0.868. The van der Waals surface area contributed by atoms with E-state index in [0.29, 0.717) is 30.4 Å². The van der Waals surface area contributed by atoms with Gasteiger partial charge in [-0.25, -0.2) is 4.79 Å². The number of benzene rings is 1. The van der Waals surface area contributed by atoms with Crippen molar-refractivity contribution in [2.75, 3.05) is 32.7 Å². The van der Waals surface area contributed by atoms with Crippen LogP contribution in [0.1, 0.15) is 19.4 Å². The Labute approximate surface area is 190 Å². The Morgan fingerprint density at radius 1 is 1.18 bits per heavy atom. The fourth-order valence-corrected chi connectivity index (χ4v) is 3.47. The Hall–Kier alpha value is -3.31. The van der Waals surface area contributed by atoms with Gasteiger partial charge in [0.05, 0.1) is 39.6 Å². The zero-order valence-electron chi connectivity index (χ0n) is 19.5. The Morgan fingerprint density at radius 3 is 2.58 bits per heavy atom. The molecule has 3 rings (SSSR count). The lowest BCUT2D eigenvalue weighted by atomic mass is 10.1. The lowest BCUT2D eigenvalue weighted by molar-refractivity contribution is -0.000106. The molecule has 0 fully saturated rings. The van der Waals surface area contributed by atoms with Crippen molar-refractivity contribution < 1.29 is 19.3 Å². The second-order valence-corrected chi connectivity index (χ2v) is 7.94. The van der Waals surface area contributed by atoms with E-state index in [1.807, 2.05) is 32.0 Å². The lowest BCUT2D eigenvalue weighted by Gasteiger charge is -2.16. The molecule has 2 aromatic heterocycles. The number of anilines is 1. The summed E-state index contributed by atoms with van der Waals surface area (Å²) in [7, 11) is 4.70. The Balaban J connectivity index is 1.86. The summed E-state index contributed by atoms with van der Waals surface area (Å²) in [6, 6.07) is 5.67. The highest BCUT2D eigenvalue weighted by Crippen LogP contribution is 2.27. The van der Waals surface area contributed by atoms with Crippen molar-refractivity contribution >= 4 is 17.1 Å². The van der Waals surface area contributed by atoms with Crippen LogP contribution in [0.3, 0.4) is 0 Å². The van der Waals surface area contributed by atoms with Crippen molar-refractivity contribution in [2.45, 2.75) is 39.0 Å². The monoisotopic (exact) mass is 461 g/mol. The molecule has 1 atom stereocenters. The lowest BCUT2D eigenvalue weighted by Crippen LogP contribution is -2.31. The molecule has 0 saturated heterocycles. The third-order valence-corrected chi connectivity index (χ3v) is 5.17. The number of aromatic amines is 1. The molecule has 180 valence electrons. The second-order valence-electron chi connectivity index (χ2n) is 7.94. The maximum atomic E-state index is 12.6. The van der Waals surface area contributed by atoms with Gasteiger partial charge >= 0.3 is 5.69 Å². The van der Waals surface area contributed by atoms with Crippen LogP contribution >= 0.6 is 0 Å². The fraction of sp³-hybridized carbons (Fsp3) is 0.500.